The van der Waals surface area contributed by atoms with Crippen molar-refractivity contribution in [3.8, 4) is 0 Å². The first-order chi connectivity index (χ1) is 15.6. The van der Waals surface area contributed by atoms with Gasteiger partial charge in [0.05, 0.1) is 17.8 Å². The van der Waals surface area contributed by atoms with E-state index in [9.17, 15) is 14.4 Å². The fraction of sp³-hybridized carbons (Fsp3) is 0.417. The molecule has 0 radical (unpaired) electrons. The average Bonchev–Trinajstić information content (AvgIpc) is 2.82. The van der Waals surface area contributed by atoms with Crippen LogP contribution in [0.1, 0.15) is 34.5 Å². The smallest absolute Gasteiger partial charge is 0.267 e. The predicted molar refractivity (Wildman–Crippen MR) is 122 cm³/mol. The van der Waals surface area contributed by atoms with Gasteiger partial charge in [-0.2, -0.15) is 5.10 Å². The molecule has 1 aliphatic heterocycles. The van der Waals surface area contributed by atoms with Crippen LogP contribution < -0.4 is 11.1 Å². The van der Waals surface area contributed by atoms with Gasteiger partial charge in [-0.25, -0.2) is 4.68 Å². The van der Waals surface area contributed by atoms with Crippen molar-refractivity contribution in [3.05, 3.63) is 73.9 Å². The molecule has 1 N–H and O–H groups in total. The summed E-state index contributed by atoms with van der Waals surface area (Å²) >= 11 is 0. The molecule has 2 aliphatic rings. The number of hydrogen-bond acceptors (Lipinski definition) is 5. The maximum absolute atomic E-state index is 13.1. The SMILES string of the molecule is O=C(c1cc(=O)[nH]c2ccccc12)N1CCN(CCn2nc3c(cc2=O)CCCC3)CC1. The van der Waals surface area contributed by atoms with Gasteiger partial charge in [0.1, 0.15) is 0 Å². The molecule has 166 valence electrons. The van der Waals surface area contributed by atoms with E-state index in [0.717, 1.165) is 62.0 Å². The van der Waals surface area contributed by atoms with Gasteiger partial charge in [0.15, 0.2) is 0 Å². The first-order valence-electron chi connectivity index (χ1n) is 11.3. The van der Waals surface area contributed by atoms with Gasteiger partial charge in [-0.15, -0.1) is 0 Å². The lowest BCUT2D eigenvalue weighted by atomic mass is 9.97. The number of H-pyrrole nitrogens is 1. The van der Waals surface area contributed by atoms with Crippen LogP contribution in [0.25, 0.3) is 10.9 Å². The number of carbonyl (C=O) groups is 1. The highest BCUT2D eigenvalue weighted by atomic mass is 16.2. The second-order valence-electron chi connectivity index (χ2n) is 8.61. The molecule has 8 nitrogen and oxygen atoms in total. The fourth-order valence-corrected chi connectivity index (χ4v) is 4.72. The topological polar surface area (TPSA) is 91.3 Å². The van der Waals surface area contributed by atoms with Gasteiger partial charge in [-0.1, -0.05) is 18.2 Å². The number of aromatic nitrogens is 3. The van der Waals surface area contributed by atoms with E-state index < -0.39 is 0 Å². The number of para-hydroxylation sites is 1. The number of nitrogens with one attached hydrogen (secondary N) is 1. The molecule has 32 heavy (non-hydrogen) atoms. The molecule has 1 saturated heterocycles. The van der Waals surface area contributed by atoms with E-state index in [1.807, 2.05) is 24.3 Å². The van der Waals surface area contributed by atoms with Gasteiger partial charge in [-0.3, -0.25) is 19.3 Å². The number of rotatable bonds is 4. The van der Waals surface area contributed by atoms with Crippen LogP contribution in [0.2, 0.25) is 0 Å². The summed E-state index contributed by atoms with van der Waals surface area (Å²) in [5.74, 6) is -0.112. The van der Waals surface area contributed by atoms with Gasteiger partial charge in [0.2, 0.25) is 5.56 Å². The summed E-state index contributed by atoms with van der Waals surface area (Å²) < 4.78 is 1.59. The van der Waals surface area contributed by atoms with E-state index in [4.69, 9.17) is 0 Å². The molecule has 0 unspecified atom stereocenters. The number of aryl methyl sites for hydroxylation is 2. The number of fused-ring (bicyclic) bond motifs is 2. The number of benzene rings is 1. The van der Waals surface area contributed by atoms with E-state index in [2.05, 4.69) is 15.0 Å². The van der Waals surface area contributed by atoms with E-state index in [1.54, 1.807) is 15.6 Å². The molecule has 1 fully saturated rings. The maximum atomic E-state index is 13.1. The van der Waals surface area contributed by atoms with Crippen molar-refractivity contribution in [2.24, 2.45) is 0 Å². The summed E-state index contributed by atoms with van der Waals surface area (Å²) in [4.78, 5) is 44.4. The largest absolute Gasteiger partial charge is 0.336 e. The lowest BCUT2D eigenvalue weighted by Gasteiger charge is -2.35. The summed E-state index contributed by atoms with van der Waals surface area (Å²) in [5, 5.41) is 5.36. The highest BCUT2D eigenvalue weighted by Crippen LogP contribution is 2.18. The molecule has 2 aromatic heterocycles. The minimum Gasteiger partial charge on any atom is -0.336 e. The Bertz CT molecular complexity index is 1270. The van der Waals surface area contributed by atoms with Gasteiger partial charge in [0, 0.05) is 55.8 Å². The molecule has 0 atom stereocenters. The zero-order valence-corrected chi connectivity index (χ0v) is 18.0. The number of piperazine rings is 1. The minimum absolute atomic E-state index is 0.0272. The van der Waals surface area contributed by atoms with E-state index in [-0.39, 0.29) is 17.0 Å². The van der Waals surface area contributed by atoms with Crippen molar-refractivity contribution in [2.45, 2.75) is 32.2 Å². The van der Waals surface area contributed by atoms with Crippen LogP contribution in [0.4, 0.5) is 0 Å². The van der Waals surface area contributed by atoms with Crippen molar-refractivity contribution in [1.82, 2.24) is 24.6 Å². The number of pyridine rings is 1. The third-order valence-electron chi connectivity index (χ3n) is 6.54. The number of amides is 1. The number of aromatic amines is 1. The Morgan fingerprint density at radius 2 is 1.75 bits per heavy atom. The zero-order valence-electron chi connectivity index (χ0n) is 18.0. The van der Waals surface area contributed by atoms with Crippen LogP contribution in [0.5, 0.6) is 0 Å². The molecule has 0 bridgehead atoms. The van der Waals surface area contributed by atoms with Crippen molar-refractivity contribution < 1.29 is 4.79 Å². The Labute approximate surface area is 185 Å². The summed E-state index contributed by atoms with van der Waals surface area (Å²) in [6.45, 7) is 3.92. The zero-order chi connectivity index (χ0) is 22.1. The van der Waals surface area contributed by atoms with Crippen LogP contribution in [-0.2, 0) is 19.4 Å². The van der Waals surface area contributed by atoms with Crippen LogP contribution in [0.3, 0.4) is 0 Å². The minimum atomic E-state index is -0.270. The molecule has 5 rings (SSSR count). The Morgan fingerprint density at radius 1 is 0.969 bits per heavy atom. The lowest BCUT2D eigenvalue weighted by molar-refractivity contribution is 0.0633. The first kappa shape index (κ1) is 20.6. The standard InChI is InChI=1S/C24H27N5O3/c30-22-16-19(18-6-2-4-8-21(18)25-22)24(32)28-12-9-27(10-13-28)11-14-29-23(31)15-17-5-1-3-7-20(17)26-29/h2,4,6,8,15-16H,1,3,5,7,9-14H2,(H,25,30). The monoisotopic (exact) mass is 433 g/mol. The van der Waals surface area contributed by atoms with Crippen LogP contribution >= 0.6 is 0 Å². The number of nitrogens with zero attached hydrogens (tertiary/aromatic N) is 4. The fourth-order valence-electron chi connectivity index (χ4n) is 4.72. The summed E-state index contributed by atoms with van der Waals surface area (Å²) in [7, 11) is 0. The van der Waals surface area contributed by atoms with Gasteiger partial charge in [0.25, 0.3) is 11.5 Å². The van der Waals surface area contributed by atoms with E-state index >= 15 is 0 Å². The Kier molecular flexibility index (Phi) is 5.61. The quantitative estimate of drug-likeness (QED) is 0.672. The normalized spacial score (nSPS) is 16.8. The van der Waals surface area contributed by atoms with Gasteiger partial charge < -0.3 is 9.88 Å². The van der Waals surface area contributed by atoms with Gasteiger partial charge in [-0.05, 0) is 37.3 Å². The van der Waals surface area contributed by atoms with Crippen molar-refractivity contribution >= 4 is 16.8 Å². The average molecular weight is 434 g/mol. The Hall–Kier alpha value is -3.26. The van der Waals surface area contributed by atoms with Crippen LogP contribution in [0.15, 0.2) is 46.0 Å². The van der Waals surface area contributed by atoms with Crippen molar-refractivity contribution in [1.29, 1.82) is 0 Å². The molecular formula is C24H27N5O3. The van der Waals surface area contributed by atoms with Crippen molar-refractivity contribution in [2.75, 3.05) is 32.7 Å². The Balaban J connectivity index is 1.22. The van der Waals surface area contributed by atoms with Crippen LogP contribution in [-0.4, -0.2) is 63.2 Å². The lowest BCUT2D eigenvalue weighted by Crippen LogP contribution is -2.49. The molecule has 0 spiro atoms. The highest BCUT2D eigenvalue weighted by molar-refractivity contribution is 6.05. The number of carbonyl (C=O) groups excluding carboxylic acids is 1. The molecule has 8 heteroatoms. The summed E-state index contributed by atoms with van der Waals surface area (Å²) in [5.41, 5.74) is 3.00. The second-order valence-corrected chi connectivity index (χ2v) is 8.61. The second kappa shape index (κ2) is 8.70. The van der Waals surface area contributed by atoms with E-state index in [1.165, 1.54) is 6.07 Å². The molecule has 1 aliphatic carbocycles. The molecular weight excluding hydrogens is 406 g/mol. The Morgan fingerprint density at radius 3 is 2.59 bits per heavy atom. The van der Waals surface area contributed by atoms with Gasteiger partial charge >= 0.3 is 0 Å². The van der Waals surface area contributed by atoms with Crippen molar-refractivity contribution in [3.63, 3.8) is 0 Å². The maximum Gasteiger partial charge on any atom is 0.267 e. The third-order valence-corrected chi connectivity index (χ3v) is 6.54. The summed E-state index contributed by atoms with van der Waals surface area (Å²) in [6.07, 6.45) is 4.18. The number of hydrogen-bond donors (Lipinski definition) is 1. The highest BCUT2D eigenvalue weighted by Gasteiger charge is 2.24. The third kappa shape index (κ3) is 4.10. The van der Waals surface area contributed by atoms with Crippen LogP contribution in [0, 0.1) is 0 Å². The summed E-state index contributed by atoms with van der Waals surface area (Å²) in [6, 6.07) is 10.5. The molecule has 1 aromatic carbocycles. The first-order valence-corrected chi connectivity index (χ1v) is 11.3. The van der Waals surface area contributed by atoms with E-state index in [0.29, 0.717) is 30.7 Å². The molecule has 3 heterocycles. The molecule has 3 aromatic rings. The molecule has 0 saturated carbocycles. The predicted octanol–water partition coefficient (Wildman–Crippen LogP) is 1.42. The molecule has 1 amide bonds.